The summed E-state index contributed by atoms with van der Waals surface area (Å²) in [7, 11) is 0. The van der Waals surface area contributed by atoms with Crippen molar-refractivity contribution >= 4 is 44.7 Å². The van der Waals surface area contributed by atoms with Crippen molar-refractivity contribution < 1.29 is 0 Å². The van der Waals surface area contributed by atoms with Crippen LogP contribution in [0.25, 0.3) is 5.57 Å². The molecule has 1 nitrogen and oxygen atoms in total. The van der Waals surface area contributed by atoms with Gasteiger partial charge in [-0.25, -0.2) is 4.98 Å². The molecule has 0 saturated heterocycles. The van der Waals surface area contributed by atoms with E-state index in [9.17, 15) is 0 Å². The predicted molar refractivity (Wildman–Crippen MR) is 57.1 cm³/mol. The molecule has 0 aromatic carbocycles. The molecule has 0 spiro atoms. The second kappa shape index (κ2) is 4.26. The van der Waals surface area contributed by atoms with Gasteiger partial charge in [0.2, 0.25) is 0 Å². The minimum atomic E-state index is 0.389. The van der Waals surface area contributed by atoms with E-state index in [4.69, 9.17) is 23.2 Å². The summed E-state index contributed by atoms with van der Waals surface area (Å²) in [4.78, 5) is 4.06. The molecule has 0 N–H and O–H groups in total. The summed E-state index contributed by atoms with van der Waals surface area (Å²) in [6.45, 7) is 3.80. The van der Waals surface area contributed by atoms with Crippen LogP contribution in [0.15, 0.2) is 18.7 Å². The molecule has 4 heteroatoms. The Morgan fingerprint density at radius 2 is 2.17 bits per heavy atom. The Morgan fingerprint density at radius 3 is 2.67 bits per heavy atom. The molecule has 1 aromatic rings. The predicted octanol–water partition coefficient (Wildman–Crippen LogP) is 3.80. The highest BCUT2D eigenvalue weighted by atomic mass is 79.9. The first-order valence-corrected chi connectivity index (χ1v) is 5.08. The number of allylic oxidation sites excluding steroid dienone is 1. The third-order valence-electron chi connectivity index (χ3n) is 1.28. The topological polar surface area (TPSA) is 12.9 Å². The maximum Gasteiger partial charge on any atom is 0.131 e. The molecule has 1 rings (SSSR count). The van der Waals surface area contributed by atoms with E-state index in [-0.39, 0.29) is 0 Å². The summed E-state index contributed by atoms with van der Waals surface area (Å²) < 4.78 is 0. The molecule has 12 heavy (non-hydrogen) atoms. The SMILES string of the molecule is C=C(CBr)c1cc(Cl)cc(Cl)n1. The molecule has 0 aliphatic heterocycles. The number of pyridine rings is 1. The average Bonchev–Trinajstić information content (AvgIpc) is 2.01. The molecule has 64 valence electrons. The molecular formula is C8H6BrCl2N. The Morgan fingerprint density at radius 1 is 1.50 bits per heavy atom. The lowest BCUT2D eigenvalue weighted by molar-refractivity contribution is 1.27. The van der Waals surface area contributed by atoms with Gasteiger partial charge >= 0.3 is 0 Å². The smallest absolute Gasteiger partial charge is 0.131 e. The van der Waals surface area contributed by atoms with Crippen LogP contribution in [0.5, 0.6) is 0 Å². The lowest BCUT2D eigenvalue weighted by atomic mass is 10.2. The zero-order valence-electron chi connectivity index (χ0n) is 6.15. The summed E-state index contributed by atoms with van der Waals surface area (Å²) in [5, 5.41) is 1.63. The molecule has 1 aromatic heterocycles. The van der Waals surface area contributed by atoms with Gasteiger partial charge < -0.3 is 0 Å². The first-order chi connectivity index (χ1) is 5.63. The van der Waals surface area contributed by atoms with Gasteiger partial charge in [-0.05, 0) is 17.7 Å². The summed E-state index contributed by atoms with van der Waals surface area (Å²) in [6.07, 6.45) is 0. The zero-order valence-corrected chi connectivity index (χ0v) is 9.25. The van der Waals surface area contributed by atoms with Gasteiger partial charge in [0.1, 0.15) is 5.15 Å². The van der Waals surface area contributed by atoms with Gasteiger partial charge in [0, 0.05) is 10.4 Å². The van der Waals surface area contributed by atoms with Crippen molar-refractivity contribution in [3.05, 3.63) is 34.6 Å². The van der Waals surface area contributed by atoms with Gasteiger partial charge in [-0.15, -0.1) is 0 Å². The summed E-state index contributed by atoms with van der Waals surface area (Å²) in [6, 6.07) is 3.32. The normalized spacial score (nSPS) is 9.92. The van der Waals surface area contributed by atoms with Crippen molar-refractivity contribution in [2.24, 2.45) is 0 Å². The third kappa shape index (κ3) is 2.47. The van der Waals surface area contributed by atoms with Crippen LogP contribution in [-0.2, 0) is 0 Å². The third-order valence-corrected chi connectivity index (χ3v) is 2.37. The second-order valence-corrected chi connectivity index (χ2v) is 3.61. The quantitative estimate of drug-likeness (QED) is 0.586. The van der Waals surface area contributed by atoms with Gasteiger partial charge in [-0.3, -0.25) is 0 Å². The van der Waals surface area contributed by atoms with Crippen molar-refractivity contribution in [1.82, 2.24) is 4.98 Å². The van der Waals surface area contributed by atoms with E-state index in [1.54, 1.807) is 12.1 Å². The van der Waals surface area contributed by atoms with Crippen LogP contribution in [0, 0.1) is 0 Å². The molecular weight excluding hydrogens is 261 g/mol. The molecule has 0 fully saturated rings. The Hall–Kier alpha value is -0.0500. The largest absolute Gasteiger partial charge is 0.236 e. The average molecular weight is 267 g/mol. The molecule has 0 radical (unpaired) electrons. The molecule has 0 atom stereocenters. The van der Waals surface area contributed by atoms with Gasteiger partial charge in [0.05, 0.1) is 5.69 Å². The van der Waals surface area contributed by atoms with Crippen LogP contribution in [0.4, 0.5) is 0 Å². The van der Waals surface area contributed by atoms with Crippen molar-refractivity contribution in [2.45, 2.75) is 0 Å². The van der Waals surface area contributed by atoms with Crippen molar-refractivity contribution in [2.75, 3.05) is 5.33 Å². The molecule has 0 saturated carbocycles. The van der Waals surface area contributed by atoms with Gasteiger partial charge in [0.25, 0.3) is 0 Å². The minimum absolute atomic E-state index is 0.389. The van der Waals surface area contributed by atoms with Crippen molar-refractivity contribution in [1.29, 1.82) is 0 Å². The van der Waals surface area contributed by atoms with E-state index in [1.165, 1.54) is 0 Å². The number of rotatable bonds is 2. The molecule has 0 aliphatic carbocycles. The summed E-state index contributed by atoms with van der Waals surface area (Å²) in [5.74, 6) is 0. The number of hydrogen-bond acceptors (Lipinski definition) is 1. The molecule has 0 unspecified atom stereocenters. The Kier molecular flexibility index (Phi) is 3.56. The monoisotopic (exact) mass is 265 g/mol. The van der Waals surface area contributed by atoms with Gasteiger partial charge in [0.15, 0.2) is 0 Å². The van der Waals surface area contributed by atoms with Crippen LogP contribution >= 0.6 is 39.1 Å². The number of alkyl halides is 1. The van der Waals surface area contributed by atoms with Gasteiger partial charge in [-0.2, -0.15) is 0 Å². The van der Waals surface area contributed by atoms with Crippen molar-refractivity contribution in [3.8, 4) is 0 Å². The van der Waals surface area contributed by atoms with E-state index in [0.717, 1.165) is 11.3 Å². The number of hydrogen-bond donors (Lipinski definition) is 0. The number of aromatic nitrogens is 1. The van der Waals surface area contributed by atoms with Gasteiger partial charge in [-0.1, -0.05) is 45.7 Å². The Balaban J connectivity index is 3.08. The fraction of sp³-hybridized carbons (Fsp3) is 0.125. The highest BCUT2D eigenvalue weighted by Gasteiger charge is 2.02. The van der Waals surface area contributed by atoms with Crippen LogP contribution < -0.4 is 0 Å². The van der Waals surface area contributed by atoms with Crippen LogP contribution in [0.2, 0.25) is 10.2 Å². The maximum absolute atomic E-state index is 5.77. The van der Waals surface area contributed by atoms with E-state index in [0.29, 0.717) is 15.5 Å². The number of halogens is 3. The first kappa shape index (κ1) is 10.0. The van der Waals surface area contributed by atoms with Crippen molar-refractivity contribution in [3.63, 3.8) is 0 Å². The molecule has 0 amide bonds. The Labute approximate surface area is 89.5 Å². The fourth-order valence-electron chi connectivity index (χ4n) is 0.715. The summed E-state index contributed by atoms with van der Waals surface area (Å²) >= 11 is 14.7. The summed E-state index contributed by atoms with van der Waals surface area (Å²) in [5.41, 5.74) is 1.59. The fourth-order valence-corrected chi connectivity index (χ4v) is 1.47. The lowest BCUT2D eigenvalue weighted by Gasteiger charge is -2.01. The molecule has 0 aliphatic rings. The standard InChI is InChI=1S/C8H6BrCl2N/c1-5(4-9)7-2-6(10)3-8(11)12-7/h2-3H,1,4H2. The molecule has 1 heterocycles. The minimum Gasteiger partial charge on any atom is -0.236 e. The highest BCUT2D eigenvalue weighted by molar-refractivity contribution is 9.09. The molecule has 0 bridgehead atoms. The second-order valence-electron chi connectivity index (χ2n) is 2.23. The van der Waals surface area contributed by atoms with E-state index >= 15 is 0 Å². The zero-order chi connectivity index (χ0) is 9.14. The highest BCUT2D eigenvalue weighted by Crippen LogP contribution is 2.20. The van der Waals surface area contributed by atoms with E-state index < -0.39 is 0 Å². The lowest BCUT2D eigenvalue weighted by Crippen LogP contribution is -1.89. The first-order valence-electron chi connectivity index (χ1n) is 3.20. The van der Waals surface area contributed by atoms with E-state index in [2.05, 4.69) is 27.5 Å². The number of nitrogens with zero attached hydrogens (tertiary/aromatic N) is 1. The Bertz CT molecular complexity index is 292. The van der Waals surface area contributed by atoms with Crippen LogP contribution in [-0.4, -0.2) is 10.3 Å². The maximum atomic E-state index is 5.77. The van der Waals surface area contributed by atoms with Crippen LogP contribution in [0.3, 0.4) is 0 Å². The van der Waals surface area contributed by atoms with E-state index in [1.807, 2.05) is 0 Å². The van der Waals surface area contributed by atoms with Crippen LogP contribution in [0.1, 0.15) is 5.69 Å².